The zero-order valence-corrected chi connectivity index (χ0v) is 13.5. The number of nitrogens with zero attached hydrogens (tertiary/aromatic N) is 1. The summed E-state index contributed by atoms with van der Waals surface area (Å²) < 4.78 is 5.68. The number of nitrogens with one attached hydrogen (secondary N) is 2. The highest BCUT2D eigenvalue weighted by Crippen LogP contribution is 2.28. The van der Waals surface area contributed by atoms with E-state index in [9.17, 15) is 0 Å². The number of hydrogen-bond acceptors (Lipinski definition) is 3. The summed E-state index contributed by atoms with van der Waals surface area (Å²) in [5, 5.41) is 9.10. The molecule has 1 aromatic rings. The van der Waals surface area contributed by atoms with Crippen molar-refractivity contribution < 1.29 is 4.74 Å². The molecule has 1 saturated carbocycles. The van der Waals surface area contributed by atoms with Crippen molar-refractivity contribution in [3.63, 3.8) is 0 Å². The minimum absolute atomic E-state index is 0.292. The van der Waals surface area contributed by atoms with Crippen LogP contribution in [0.5, 0.6) is 0 Å². The van der Waals surface area contributed by atoms with Crippen LogP contribution in [0.15, 0.2) is 22.5 Å². The van der Waals surface area contributed by atoms with Gasteiger partial charge in [0.25, 0.3) is 0 Å². The third-order valence-corrected chi connectivity index (χ3v) is 5.10. The van der Waals surface area contributed by atoms with E-state index in [-0.39, 0.29) is 0 Å². The molecule has 0 amide bonds. The van der Waals surface area contributed by atoms with Gasteiger partial charge in [-0.3, -0.25) is 4.99 Å². The Morgan fingerprint density at radius 1 is 1.48 bits per heavy atom. The topological polar surface area (TPSA) is 45.7 Å². The Morgan fingerprint density at radius 2 is 2.38 bits per heavy atom. The highest BCUT2D eigenvalue weighted by atomic mass is 32.1. The van der Waals surface area contributed by atoms with Gasteiger partial charge in [-0.2, -0.15) is 0 Å². The highest BCUT2D eigenvalue weighted by molar-refractivity contribution is 7.10. The summed E-state index contributed by atoms with van der Waals surface area (Å²) in [6, 6.07) is 4.56. The number of hydrogen-bond donors (Lipinski definition) is 2. The Labute approximate surface area is 131 Å². The molecule has 0 unspecified atom stereocenters. The summed E-state index contributed by atoms with van der Waals surface area (Å²) in [5.74, 6) is 1.74. The number of guanidine groups is 1. The number of ether oxygens (including phenoxy) is 1. The van der Waals surface area contributed by atoms with Crippen LogP contribution >= 0.6 is 11.3 Å². The molecule has 0 spiro atoms. The van der Waals surface area contributed by atoms with Crippen molar-refractivity contribution in [3.8, 4) is 0 Å². The van der Waals surface area contributed by atoms with Crippen molar-refractivity contribution in [2.75, 3.05) is 19.7 Å². The molecule has 21 heavy (non-hydrogen) atoms. The molecule has 4 nitrogen and oxygen atoms in total. The molecule has 3 rings (SSSR count). The first-order valence-corrected chi connectivity index (χ1v) is 8.89. The summed E-state index contributed by atoms with van der Waals surface area (Å²) in [6.45, 7) is 4.89. The smallest absolute Gasteiger partial charge is 0.191 e. The number of rotatable bonds is 6. The van der Waals surface area contributed by atoms with Crippen molar-refractivity contribution in [1.82, 2.24) is 10.6 Å². The highest BCUT2D eigenvalue weighted by Gasteiger charge is 2.21. The molecule has 1 aliphatic carbocycles. The van der Waals surface area contributed by atoms with Crippen LogP contribution < -0.4 is 10.6 Å². The fraction of sp³-hybridized carbons (Fsp3) is 0.688. The van der Waals surface area contributed by atoms with E-state index in [1.54, 1.807) is 11.3 Å². The minimum Gasteiger partial charge on any atom is -0.376 e. The Hall–Kier alpha value is -1.07. The van der Waals surface area contributed by atoms with Crippen molar-refractivity contribution in [1.29, 1.82) is 0 Å². The second-order valence-electron chi connectivity index (χ2n) is 6.03. The molecule has 5 heteroatoms. The molecule has 1 aliphatic heterocycles. The first kappa shape index (κ1) is 14.9. The lowest BCUT2D eigenvalue weighted by molar-refractivity contribution is 0.113. The van der Waals surface area contributed by atoms with E-state index < -0.39 is 0 Å². The maximum Gasteiger partial charge on any atom is 0.191 e. The minimum atomic E-state index is 0.292. The summed E-state index contributed by atoms with van der Waals surface area (Å²) >= 11 is 1.78. The molecule has 1 saturated heterocycles. The Balaban J connectivity index is 1.53. The molecule has 0 radical (unpaired) electrons. The quantitative estimate of drug-likeness (QED) is 0.627. The van der Waals surface area contributed by atoms with Crippen LogP contribution in [0.3, 0.4) is 0 Å². The summed E-state index contributed by atoms with van der Waals surface area (Å²) in [5.41, 5.74) is 0. The van der Waals surface area contributed by atoms with Gasteiger partial charge in [-0.15, -0.1) is 11.3 Å². The van der Waals surface area contributed by atoms with E-state index in [1.807, 2.05) is 0 Å². The predicted octanol–water partition coefficient (Wildman–Crippen LogP) is 2.93. The van der Waals surface area contributed by atoms with Crippen molar-refractivity contribution in [2.45, 2.75) is 44.8 Å². The van der Waals surface area contributed by atoms with Crippen LogP contribution in [0.25, 0.3) is 0 Å². The van der Waals surface area contributed by atoms with Crippen LogP contribution in [-0.2, 0) is 4.74 Å². The Morgan fingerprint density at radius 3 is 3.05 bits per heavy atom. The van der Waals surface area contributed by atoms with Gasteiger partial charge in [0.15, 0.2) is 5.96 Å². The van der Waals surface area contributed by atoms with Gasteiger partial charge in [-0.05, 0) is 50.0 Å². The largest absolute Gasteiger partial charge is 0.376 e. The molecule has 2 aliphatic rings. The lowest BCUT2D eigenvalue weighted by atomic mass is 10.2. The Bertz CT molecular complexity index is 450. The van der Waals surface area contributed by atoms with Gasteiger partial charge >= 0.3 is 0 Å². The van der Waals surface area contributed by atoms with Gasteiger partial charge in [0.1, 0.15) is 0 Å². The van der Waals surface area contributed by atoms with Crippen molar-refractivity contribution >= 4 is 17.3 Å². The van der Waals surface area contributed by atoms with Crippen molar-refractivity contribution in [3.05, 3.63) is 22.4 Å². The molecule has 2 atom stereocenters. The molecule has 1 aromatic heterocycles. The van der Waals surface area contributed by atoms with E-state index in [2.05, 4.69) is 35.1 Å². The zero-order chi connectivity index (χ0) is 14.5. The molecule has 0 bridgehead atoms. The maximum atomic E-state index is 5.68. The van der Waals surface area contributed by atoms with E-state index in [0.717, 1.165) is 38.0 Å². The third kappa shape index (κ3) is 4.71. The van der Waals surface area contributed by atoms with E-state index >= 15 is 0 Å². The second-order valence-corrected chi connectivity index (χ2v) is 7.01. The van der Waals surface area contributed by atoms with Crippen LogP contribution in [0.1, 0.15) is 43.5 Å². The van der Waals surface area contributed by atoms with E-state index in [4.69, 9.17) is 9.73 Å². The van der Waals surface area contributed by atoms with Crippen LogP contribution in [-0.4, -0.2) is 31.8 Å². The molecular formula is C16H25N3OS. The molecular weight excluding hydrogens is 282 g/mol. The first-order valence-electron chi connectivity index (χ1n) is 8.01. The summed E-state index contributed by atoms with van der Waals surface area (Å²) in [7, 11) is 0. The van der Waals surface area contributed by atoms with Gasteiger partial charge in [0, 0.05) is 24.6 Å². The maximum absolute atomic E-state index is 5.68. The van der Waals surface area contributed by atoms with Gasteiger partial charge in [0.2, 0.25) is 0 Å². The lowest BCUT2D eigenvalue weighted by Gasteiger charge is -2.19. The average molecular weight is 307 g/mol. The molecule has 2 heterocycles. The van der Waals surface area contributed by atoms with Gasteiger partial charge in [0.05, 0.1) is 12.1 Å². The molecule has 2 N–H and O–H groups in total. The zero-order valence-electron chi connectivity index (χ0n) is 12.7. The fourth-order valence-corrected chi connectivity index (χ4v) is 3.24. The third-order valence-electron chi connectivity index (χ3n) is 4.05. The average Bonchev–Trinajstić information content (AvgIpc) is 2.97. The van der Waals surface area contributed by atoms with Gasteiger partial charge in [-0.25, -0.2) is 0 Å². The van der Waals surface area contributed by atoms with Crippen LogP contribution in [0.4, 0.5) is 0 Å². The van der Waals surface area contributed by atoms with E-state index in [1.165, 1.54) is 24.1 Å². The monoisotopic (exact) mass is 307 g/mol. The van der Waals surface area contributed by atoms with Gasteiger partial charge < -0.3 is 15.4 Å². The number of aliphatic imine (C=N–C) groups is 1. The van der Waals surface area contributed by atoms with Gasteiger partial charge in [-0.1, -0.05) is 6.07 Å². The lowest BCUT2D eigenvalue weighted by Crippen LogP contribution is -2.42. The normalized spacial score (nSPS) is 24.0. The number of thiophene rings is 1. The van der Waals surface area contributed by atoms with E-state index in [0.29, 0.717) is 12.1 Å². The standard InChI is InChI=1S/C16H25N3OS/c1-12(15-5-3-9-21-15)19-16(17-10-13-6-7-13)18-11-14-4-2-8-20-14/h3,5,9,12-14H,2,4,6-8,10-11H2,1H3,(H2,17,18,19)/t12-,14-/m0/s1. The van der Waals surface area contributed by atoms with Crippen LogP contribution in [0, 0.1) is 5.92 Å². The van der Waals surface area contributed by atoms with Crippen molar-refractivity contribution in [2.24, 2.45) is 10.9 Å². The summed E-state index contributed by atoms with van der Waals surface area (Å²) in [4.78, 5) is 6.08. The predicted molar refractivity (Wildman–Crippen MR) is 87.9 cm³/mol. The fourth-order valence-electron chi connectivity index (χ4n) is 2.50. The SMILES string of the molecule is C[C@H](NC(=NCC1CC1)NC[C@@H]1CCCO1)c1cccs1. The van der Waals surface area contributed by atoms with Crippen LogP contribution in [0.2, 0.25) is 0 Å². The molecule has 2 fully saturated rings. The molecule has 0 aromatic carbocycles. The first-order chi connectivity index (χ1) is 10.3. The second kappa shape index (κ2) is 7.27. The molecule has 116 valence electrons. The summed E-state index contributed by atoms with van der Waals surface area (Å²) in [6.07, 6.45) is 5.35. The Kier molecular flexibility index (Phi) is 5.14.